The number of aromatic hydroxyl groups is 2. The Hall–Kier alpha value is -2.26. The first kappa shape index (κ1) is 22.0. The molecule has 0 spiro atoms. The van der Waals surface area contributed by atoms with Gasteiger partial charge < -0.3 is 25.1 Å². The predicted octanol–water partition coefficient (Wildman–Crippen LogP) is 0.729. The molecule has 8 nitrogen and oxygen atoms in total. The van der Waals surface area contributed by atoms with Crippen LogP contribution in [0.2, 0.25) is 0 Å². The molecule has 0 radical (unpaired) electrons. The van der Waals surface area contributed by atoms with E-state index < -0.39 is 24.1 Å². The van der Waals surface area contributed by atoms with E-state index in [1.165, 1.54) is 46.8 Å². The predicted molar refractivity (Wildman–Crippen MR) is 105 cm³/mol. The Morgan fingerprint density at radius 1 is 1.29 bits per heavy atom. The smallest absolute Gasteiger partial charge is 0.252 e. The van der Waals surface area contributed by atoms with Crippen molar-refractivity contribution in [2.45, 2.75) is 44.9 Å². The second-order valence-corrected chi connectivity index (χ2v) is 8.02. The van der Waals surface area contributed by atoms with Crippen molar-refractivity contribution < 1.29 is 29.7 Å². The van der Waals surface area contributed by atoms with Gasteiger partial charge in [-0.1, -0.05) is 24.8 Å². The summed E-state index contributed by atoms with van der Waals surface area (Å²) < 4.78 is 0. The second-order valence-electron chi connectivity index (χ2n) is 6.76. The average molecular weight is 410 g/mol. The Balaban J connectivity index is 1.98. The molecule has 1 aromatic carbocycles. The van der Waals surface area contributed by atoms with E-state index >= 15 is 0 Å². The summed E-state index contributed by atoms with van der Waals surface area (Å²) in [4.78, 5) is 39.9. The molecule has 2 amide bonds. The number of hydrogen-bond acceptors (Lipinski definition) is 7. The van der Waals surface area contributed by atoms with Gasteiger partial charge >= 0.3 is 0 Å². The average Bonchev–Trinajstić information content (AvgIpc) is 2.62. The standard InChI is InChI=1S/C19H26N2O6S/c1-4-28-19(27)13-7-8-21(13)17(25)11(2)20(3)18(26)16(24)10-12-5-6-14(22)15(23)9-12/h5-6,9,11,13,16,22-24H,4,7-8,10H2,1-3H3. The monoisotopic (exact) mass is 410 g/mol. The van der Waals surface area contributed by atoms with E-state index in [0.29, 0.717) is 24.3 Å². The van der Waals surface area contributed by atoms with Crippen LogP contribution in [0, 0.1) is 0 Å². The van der Waals surface area contributed by atoms with E-state index in [4.69, 9.17) is 0 Å². The summed E-state index contributed by atoms with van der Waals surface area (Å²) in [7, 11) is 1.43. The van der Waals surface area contributed by atoms with Crippen molar-refractivity contribution in [2.24, 2.45) is 0 Å². The van der Waals surface area contributed by atoms with Gasteiger partial charge in [-0.05, 0) is 36.8 Å². The topological polar surface area (TPSA) is 118 Å². The molecule has 0 bridgehead atoms. The summed E-state index contributed by atoms with van der Waals surface area (Å²) in [6.07, 6.45) is -0.862. The van der Waals surface area contributed by atoms with E-state index in [2.05, 4.69) is 0 Å². The van der Waals surface area contributed by atoms with Crippen LogP contribution in [-0.2, 0) is 20.8 Å². The van der Waals surface area contributed by atoms with Gasteiger partial charge in [-0.25, -0.2) is 0 Å². The number of likely N-dealkylation sites (tertiary alicyclic amines) is 1. The van der Waals surface area contributed by atoms with Crippen LogP contribution in [0.5, 0.6) is 11.5 Å². The van der Waals surface area contributed by atoms with Crippen molar-refractivity contribution in [3.63, 3.8) is 0 Å². The van der Waals surface area contributed by atoms with Crippen LogP contribution in [0.25, 0.3) is 0 Å². The number of thioether (sulfide) groups is 1. The third kappa shape index (κ3) is 4.77. The maximum atomic E-state index is 12.7. The van der Waals surface area contributed by atoms with Gasteiger partial charge in [-0.2, -0.15) is 0 Å². The molecule has 9 heteroatoms. The molecule has 154 valence electrons. The zero-order valence-electron chi connectivity index (χ0n) is 16.2. The van der Waals surface area contributed by atoms with Crippen molar-refractivity contribution in [3.05, 3.63) is 23.8 Å². The molecule has 1 saturated heterocycles. The molecule has 1 aliphatic rings. The number of aliphatic hydroxyl groups is 1. The number of phenols is 2. The normalized spacial score (nSPS) is 18.1. The molecule has 1 aliphatic heterocycles. The fourth-order valence-electron chi connectivity index (χ4n) is 2.97. The fraction of sp³-hybridized carbons (Fsp3) is 0.526. The number of carbonyl (C=O) groups excluding carboxylic acids is 3. The van der Waals surface area contributed by atoms with Crippen LogP contribution in [0.4, 0.5) is 0 Å². The Morgan fingerprint density at radius 3 is 2.50 bits per heavy atom. The van der Waals surface area contributed by atoms with Gasteiger partial charge in [-0.15, -0.1) is 0 Å². The summed E-state index contributed by atoms with van der Waals surface area (Å²) in [6, 6.07) is 2.75. The summed E-state index contributed by atoms with van der Waals surface area (Å²) in [5.41, 5.74) is 0.466. The molecule has 3 N–H and O–H groups in total. The largest absolute Gasteiger partial charge is 0.504 e. The summed E-state index contributed by atoms with van der Waals surface area (Å²) in [5.74, 6) is -0.954. The first-order chi connectivity index (χ1) is 13.2. The summed E-state index contributed by atoms with van der Waals surface area (Å²) in [5, 5.41) is 29.0. The molecule has 0 saturated carbocycles. The SMILES string of the molecule is CCSC(=O)C1CCN1C(=O)C(C)N(C)C(=O)C(O)Cc1ccc(O)c(O)c1. The summed E-state index contributed by atoms with van der Waals surface area (Å²) in [6.45, 7) is 3.91. The number of carbonyl (C=O) groups is 3. The Morgan fingerprint density at radius 2 is 1.96 bits per heavy atom. The molecular formula is C19H26N2O6S. The molecule has 1 fully saturated rings. The molecule has 1 aromatic rings. The number of rotatable bonds is 7. The molecular weight excluding hydrogens is 384 g/mol. The number of hydrogen-bond donors (Lipinski definition) is 3. The first-order valence-corrected chi connectivity index (χ1v) is 10.1. The third-order valence-electron chi connectivity index (χ3n) is 4.90. The number of benzene rings is 1. The van der Waals surface area contributed by atoms with Gasteiger partial charge in [0.05, 0.1) is 0 Å². The number of aliphatic hydroxyl groups excluding tert-OH is 1. The maximum Gasteiger partial charge on any atom is 0.252 e. The van der Waals surface area contributed by atoms with Crippen LogP contribution in [-0.4, -0.2) is 79.6 Å². The lowest BCUT2D eigenvalue weighted by molar-refractivity contribution is -0.154. The van der Waals surface area contributed by atoms with Crippen molar-refractivity contribution >= 4 is 28.7 Å². The summed E-state index contributed by atoms with van der Waals surface area (Å²) >= 11 is 1.18. The third-order valence-corrected chi connectivity index (χ3v) is 5.75. The fourth-order valence-corrected chi connectivity index (χ4v) is 3.69. The first-order valence-electron chi connectivity index (χ1n) is 9.10. The lowest BCUT2D eigenvalue weighted by Crippen LogP contribution is -2.60. The van der Waals surface area contributed by atoms with Gasteiger partial charge in [-0.3, -0.25) is 14.4 Å². The highest BCUT2D eigenvalue weighted by Gasteiger charge is 2.40. The minimum Gasteiger partial charge on any atom is -0.504 e. The van der Waals surface area contributed by atoms with Crippen LogP contribution in [0.1, 0.15) is 25.8 Å². The molecule has 28 heavy (non-hydrogen) atoms. The molecule has 3 unspecified atom stereocenters. The zero-order valence-corrected chi connectivity index (χ0v) is 17.0. The molecule has 2 rings (SSSR count). The van der Waals surface area contributed by atoms with Gasteiger partial charge in [0.2, 0.25) is 11.0 Å². The van der Waals surface area contributed by atoms with Gasteiger partial charge in [0.1, 0.15) is 18.2 Å². The van der Waals surface area contributed by atoms with Crippen molar-refractivity contribution in [3.8, 4) is 11.5 Å². The number of phenolic OH excluding ortho intramolecular Hbond substituents is 2. The van der Waals surface area contributed by atoms with Crippen molar-refractivity contribution in [1.29, 1.82) is 0 Å². The Bertz CT molecular complexity index is 756. The van der Waals surface area contributed by atoms with Crippen molar-refractivity contribution in [1.82, 2.24) is 9.80 Å². The Kier molecular flexibility index (Phi) is 7.31. The lowest BCUT2D eigenvalue weighted by Gasteiger charge is -2.42. The molecule has 3 atom stereocenters. The molecule has 0 aromatic heterocycles. The van der Waals surface area contributed by atoms with Crippen LogP contribution in [0.15, 0.2) is 18.2 Å². The van der Waals surface area contributed by atoms with Gasteiger partial charge in [0.15, 0.2) is 11.5 Å². The Labute approximate surface area is 168 Å². The highest BCUT2D eigenvalue weighted by molar-refractivity contribution is 8.13. The van der Waals surface area contributed by atoms with E-state index in [1.807, 2.05) is 6.92 Å². The van der Waals surface area contributed by atoms with E-state index in [0.717, 1.165) is 0 Å². The van der Waals surface area contributed by atoms with Crippen molar-refractivity contribution in [2.75, 3.05) is 19.3 Å². The van der Waals surface area contributed by atoms with E-state index in [1.54, 1.807) is 6.92 Å². The quantitative estimate of drug-likeness (QED) is 0.567. The number of likely N-dealkylation sites (N-methyl/N-ethyl adjacent to an activating group) is 1. The minimum absolute atomic E-state index is 0.0459. The maximum absolute atomic E-state index is 12.7. The van der Waals surface area contributed by atoms with Crippen LogP contribution < -0.4 is 0 Å². The minimum atomic E-state index is -1.41. The number of nitrogens with zero attached hydrogens (tertiary/aromatic N) is 2. The van der Waals surface area contributed by atoms with E-state index in [9.17, 15) is 29.7 Å². The van der Waals surface area contributed by atoms with Crippen LogP contribution >= 0.6 is 11.8 Å². The highest BCUT2D eigenvalue weighted by Crippen LogP contribution is 2.26. The zero-order chi connectivity index (χ0) is 21.0. The van der Waals surface area contributed by atoms with E-state index in [-0.39, 0.29) is 28.9 Å². The number of amides is 2. The molecule has 0 aliphatic carbocycles. The van der Waals surface area contributed by atoms with Gasteiger partial charge in [0.25, 0.3) is 5.91 Å². The van der Waals surface area contributed by atoms with Gasteiger partial charge in [0, 0.05) is 20.0 Å². The second kappa shape index (κ2) is 9.29. The lowest BCUT2D eigenvalue weighted by atomic mass is 10.0. The van der Waals surface area contributed by atoms with Crippen LogP contribution in [0.3, 0.4) is 0 Å². The highest BCUT2D eigenvalue weighted by atomic mass is 32.2. The molecule has 1 heterocycles.